The molecule has 0 spiro atoms. The molecule has 84 valence electrons. The molecule has 0 saturated carbocycles. The Morgan fingerprint density at radius 1 is 1.13 bits per heavy atom. The minimum absolute atomic E-state index is 0.818. The molecule has 0 radical (unpaired) electrons. The third-order valence-electron chi connectivity index (χ3n) is 2.40. The second kappa shape index (κ2) is 6.78. The lowest BCUT2D eigenvalue weighted by Crippen LogP contribution is -1.99. The average Bonchev–Trinajstić information content (AvgIpc) is 2.23. The predicted molar refractivity (Wildman–Crippen MR) is 69.1 cm³/mol. The summed E-state index contributed by atoms with van der Waals surface area (Å²) in [6, 6.07) is 6.33. The van der Waals surface area contributed by atoms with Crippen molar-refractivity contribution in [3.63, 3.8) is 0 Å². The van der Waals surface area contributed by atoms with Crippen molar-refractivity contribution in [1.82, 2.24) is 0 Å². The van der Waals surface area contributed by atoms with Crippen molar-refractivity contribution in [2.45, 2.75) is 33.1 Å². The number of unbranched alkanes of at least 4 members (excludes halogenated alkanes) is 2. The molecule has 0 aliphatic carbocycles. The van der Waals surface area contributed by atoms with Crippen molar-refractivity contribution in [2.75, 3.05) is 12.4 Å². The van der Waals surface area contributed by atoms with Crippen LogP contribution in [0.3, 0.4) is 0 Å². The number of hydrogen-bond donors (Lipinski definition) is 1. The molecule has 15 heavy (non-hydrogen) atoms. The van der Waals surface area contributed by atoms with Crippen molar-refractivity contribution in [1.29, 1.82) is 0 Å². The molecule has 0 atom stereocenters. The molecule has 1 aromatic rings. The van der Waals surface area contributed by atoms with E-state index in [0.29, 0.717) is 0 Å². The van der Waals surface area contributed by atoms with Crippen LogP contribution in [0.1, 0.15) is 30.4 Å². The number of ether oxygens (including phenoxy) is 1. The fourth-order valence-electron chi connectivity index (χ4n) is 1.44. The van der Waals surface area contributed by atoms with E-state index in [1.807, 2.05) is 0 Å². The summed E-state index contributed by atoms with van der Waals surface area (Å²) < 4.78 is 5.74. The Bertz CT molecular complexity index is 297. The fourth-order valence-corrected chi connectivity index (χ4v) is 1.66. The van der Waals surface area contributed by atoms with Crippen LogP contribution in [-0.4, -0.2) is 12.4 Å². The summed E-state index contributed by atoms with van der Waals surface area (Å²) in [5, 5.41) is 0. The smallest absolute Gasteiger partial charge is 0.122 e. The van der Waals surface area contributed by atoms with E-state index in [1.165, 1.54) is 24.0 Å². The SMILES string of the molecule is Cc1ccc(C)c(OCCCCCS)c1. The molecule has 2 heteroatoms. The maximum Gasteiger partial charge on any atom is 0.122 e. The molecule has 0 amide bonds. The second-order valence-corrected chi connectivity index (χ2v) is 4.35. The maximum absolute atomic E-state index is 5.74. The van der Waals surface area contributed by atoms with Crippen LogP contribution in [0, 0.1) is 13.8 Å². The molecule has 0 saturated heterocycles. The van der Waals surface area contributed by atoms with Crippen LogP contribution in [0.2, 0.25) is 0 Å². The van der Waals surface area contributed by atoms with Gasteiger partial charge in [-0.3, -0.25) is 0 Å². The largest absolute Gasteiger partial charge is 0.493 e. The van der Waals surface area contributed by atoms with Gasteiger partial charge in [-0.1, -0.05) is 12.1 Å². The molecule has 0 N–H and O–H groups in total. The van der Waals surface area contributed by atoms with Crippen LogP contribution in [0.4, 0.5) is 0 Å². The van der Waals surface area contributed by atoms with Gasteiger partial charge in [0.25, 0.3) is 0 Å². The zero-order valence-corrected chi connectivity index (χ0v) is 10.5. The van der Waals surface area contributed by atoms with E-state index in [4.69, 9.17) is 4.74 Å². The Kier molecular flexibility index (Phi) is 5.62. The highest BCUT2D eigenvalue weighted by atomic mass is 32.1. The summed E-state index contributed by atoms with van der Waals surface area (Å²) in [6.45, 7) is 4.99. The third-order valence-corrected chi connectivity index (χ3v) is 2.72. The molecule has 1 aromatic carbocycles. The first kappa shape index (κ1) is 12.4. The molecule has 0 unspecified atom stereocenters. The Balaban J connectivity index is 2.33. The number of aryl methyl sites for hydroxylation is 2. The average molecular weight is 224 g/mol. The van der Waals surface area contributed by atoms with Gasteiger partial charge in [0, 0.05) is 0 Å². The van der Waals surface area contributed by atoms with Crippen LogP contribution in [0.5, 0.6) is 5.75 Å². The van der Waals surface area contributed by atoms with Crippen molar-refractivity contribution >= 4 is 12.6 Å². The van der Waals surface area contributed by atoms with E-state index in [9.17, 15) is 0 Å². The van der Waals surface area contributed by atoms with Gasteiger partial charge < -0.3 is 4.74 Å². The summed E-state index contributed by atoms with van der Waals surface area (Å²) in [5.41, 5.74) is 2.47. The quantitative estimate of drug-likeness (QED) is 0.571. The number of benzene rings is 1. The molecule has 0 fully saturated rings. The first-order valence-corrected chi connectivity index (χ1v) is 6.18. The van der Waals surface area contributed by atoms with Crippen LogP contribution < -0.4 is 4.74 Å². The van der Waals surface area contributed by atoms with E-state index in [1.54, 1.807) is 0 Å². The lowest BCUT2D eigenvalue weighted by molar-refractivity contribution is 0.304. The molecule has 1 nitrogen and oxygen atoms in total. The molecule has 0 aromatic heterocycles. The first-order chi connectivity index (χ1) is 7.24. The predicted octanol–water partition coefficient (Wildman–Crippen LogP) is 3.78. The van der Waals surface area contributed by atoms with E-state index in [2.05, 4.69) is 44.7 Å². The van der Waals surface area contributed by atoms with Crippen molar-refractivity contribution in [2.24, 2.45) is 0 Å². The summed E-state index contributed by atoms with van der Waals surface area (Å²) in [5.74, 6) is 2.00. The Morgan fingerprint density at radius 2 is 1.93 bits per heavy atom. The summed E-state index contributed by atoms with van der Waals surface area (Å²) in [6.07, 6.45) is 3.50. The minimum Gasteiger partial charge on any atom is -0.493 e. The molecule has 0 heterocycles. The van der Waals surface area contributed by atoms with Crippen molar-refractivity contribution < 1.29 is 4.74 Å². The van der Waals surface area contributed by atoms with Gasteiger partial charge in [-0.05, 0) is 56.1 Å². The minimum atomic E-state index is 0.818. The highest BCUT2D eigenvalue weighted by Gasteiger charge is 1.99. The van der Waals surface area contributed by atoms with Gasteiger partial charge in [-0.15, -0.1) is 0 Å². The zero-order valence-electron chi connectivity index (χ0n) is 9.62. The van der Waals surface area contributed by atoms with Crippen molar-refractivity contribution in [3.05, 3.63) is 29.3 Å². The molecular weight excluding hydrogens is 204 g/mol. The third kappa shape index (κ3) is 4.61. The normalized spacial score (nSPS) is 10.3. The van der Waals surface area contributed by atoms with Gasteiger partial charge in [-0.25, -0.2) is 0 Å². The summed E-state index contributed by atoms with van der Waals surface area (Å²) >= 11 is 4.18. The Hall–Kier alpha value is -0.630. The lowest BCUT2D eigenvalue weighted by Gasteiger charge is -2.09. The standard InChI is InChI=1S/C13H20OS/c1-11-6-7-12(2)13(10-11)14-8-4-3-5-9-15/h6-7,10,15H,3-5,8-9H2,1-2H3. The van der Waals surface area contributed by atoms with Crippen LogP contribution in [0.15, 0.2) is 18.2 Å². The van der Waals surface area contributed by atoms with Crippen LogP contribution in [0.25, 0.3) is 0 Å². The van der Waals surface area contributed by atoms with Crippen LogP contribution in [-0.2, 0) is 0 Å². The Labute approximate surface area is 98.3 Å². The maximum atomic E-state index is 5.74. The topological polar surface area (TPSA) is 9.23 Å². The summed E-state index contributed by atoms with van der Waals surface area (Å²) in [7, 11) is 0. The highest BCUT2D eigenvalue weighted by Crippen LogP contribution is 2.19. The van der Waals surface area contributed by atoms with Crippen LogP contribution >= 0.6 is 12.6 Å². The van der Waals surface area contributed by atoms with Gasteiger partial charge in [0.05, 0.1) is 6.61 Å². The van der Waals surface area contributed by atoms with Gasteiger partial charge in [0.1, 0.15) is 5.75 Å². The van der Waals surface area contributed by atoms with Gasteiger partial charge >= 0.3 is 0 Å². The molecule has 1 rings (SSSR count). The fraction of sp³-hybridized carbons (Fsp3) is 0.538. The van der Waals surface area contributed by atoms with Gasteiger partial charge in [0.15, 0.2) is 0 Å². The first-order valence-electron chi connectivity index (χ1n) is 5.55. The van der Waals surface area contributed by atoms with Gasteiger partial charge in [0.2, 0.25) is 0 Å². The van der Waals surface area contributed by atoms with E-state index < -0.39 is 0 Å². The second-order valence-electron chi connectivity index (χ2n) is 3.90. The Morgan fingerprint density at radius 3 is 2.67 bits per heavy atom. The van der Waals surface area contributed by atoms with E-state index in [0.717, 1.165) is 24.5 Å². The highest BCUT2D eigenvalue weighted by molar-refractivity contribution is 7.80. The zero-order chi connectivity index (χ0) is 11.1. The monoisotopic (exact) mass is 224 g/mol. The molecule has 0 aliphatic heterocycles. The van der Waals surface area contributed by atoms with Gasteiger partial charge in [-0.2, -0.15) is 12.6 Å². The summed E-state index contributed by atoms with van der Waals surface area (Å²) in [4.78, 5) is 0. The molecular formula is C13H20OS. The lowest BCUT2D eigenvalue weighted by atomic mass is 10.1. The number of hydrogen-bond acceptors (Lipinski definition) is 2. The van der Waals surface area contributed by atoms with Crippen molar-refractivity contribution in [3.8, 4) is 5.75 Å². The van der Waals surface area contributed by atoms with E-state index >= 15 is 0 Å². The number of rotatable bonds is 6. The molecule has 0 bridgehead atoms. The van der Waals surface area contributed by atoms with E-state index in [-0.39, 0.29) is 0 Å². The number of thiol groups is 1. The molecule has 0 aliphatic rings.